The van der Waals surface area contributed by atoms with Crippen LogP contribution in [0, 0.1) is 0 Å². The highest BCUT2D eigenvalue weighted by Crippen LogP contribution is 2.32. The molecule has 0 saturated heterocycles. The maximum absolute atomic E-state index is 5.50. The zero-order valence-electron chi connectivity index (χ0n) is 10.2. The Balaban J connectivity index is 1.92. The first kappa shape index (κ1) is 10.8. The van der Waals surface area contributed by atoms with Gasteiger partial charge >= 0.3 is 0 Å². The third kappa shape index (κ3) is 1.95. The maximum Gasteiger partial charge on any atom is 0.0960 e. The van der Waals surface area contributed by atoms with Crippen molar-refractivity contribution in [2.75, 3.05) is 7.11 Å². The van der Waals surface area contributed by atoms with Crippen LogP contribution in [-0.2, 0) is 4.74 Å². The lowest BCUT2D eigenvalue weighted by atomic mass is 9.92. The summed E-state index contributed by atoms with van der Waals surface area (Å²) in [7, 11) is 1.82. The first-order chi connectivity index (χ1) is 8.38. The molecule has 1 aliphatic rings. The quantitative estimate of drug-likeness (QED) is 0.792. The largest absolute Gasteiger partial charge is 0.381 e. The average Bonchev–Trinajstić information content (AvgIpc) is 2.82. The van der Waals surface area contributed by atoms with Crippen LogP contribution in [0.5, 0.6) is 0 Å². The van der Waals surface area contributed by atoms with Crippen LogP contribution in [0.25, 0.3) is 11.0 Å². The minimum absolute atomic E-state index is 0.412. The van der Waals surface area contributed by atoms with Crippen molar-refractivity contribution in [1.29, 1.82) is 0 Å². The summed E-state index contributed by atoms with van der Waals surface area (Å²) in [5.41, 5.74) is 2.33. The number of nitrogens with zero attached hydrogens (tertiary/aromatic N) is 2. The van der Waals surface area contributed by atoms with E-state index in [2.05, 4.69) is 27.8 Å². The standard InChI is InChI=1S/C14H18N2O/c1-17-12-6-4-5-11(9-12)16-10-15-13-7-2-3-8-14(13)16/h2-3,7-8,10-12H,4-6,9H2,1H3. The van der Waals surface area contributed by atoms with Gasteiger partial charge in [0.1, 0.15) is 0 Å². The van der Waals surface area contributed by atoms with E-state index in [0.29, 0.717) is 12.1 Å². The van der Waals surface area contributed by atoms with Crippen LogP contribution in [0.1, 0.15) is 31.7 Å². The highest BCUT2D eigenvalue weighted by molar-refractivity contribution is 5.75. The topological polar surface area (TPSA) is 27.1 Å². The second kappa shape index (κ2) is 4.49. The number of ether oxygens (including phenoxy) is 1. The highest BCUT2D eigenvalue weighted by Gasteiger charge is 2.23. The summed E-state index contributed by atoms with van der Waals surface area (Å²) < 4.78 is 7.82. The molecule has 1 aromatic carbocycles. The fraction of sp³-hybridized carbons (Fsp3) is 0.500. The van der Waals surface area contributed by atoms with Crippen LogP contribution in [0.4, 0.5) is 0 Å². The zero-order valence-corrected chi connectivity index (χ0v) is 10.2. The Morgan fingerprint density at radius 2 is 2.18 bits per heavy atom. The van der Waals surface area contributed by atoms with E-state index in [1.165, 1.54) is 24.8 Å². The maximum atomic E-state index is 5.50. The number of hydrogen-bond donors (Lipinski definition) is 0. The van der Waals surface area contributed by atoms with Crippen LogP contribution >= 0.6 is 0 Å². The Morgan fingerprint density at radius 3 is 3.06 bits per heavy atom. The summed E-state index contributed by atoms with van der Waals surface area (Å²) in [6.07, 6.45) is 7.18. The van der Waals surface area contributed by atoms with Crippen molar-refractivity contribution in [3.8, 4) is 0 Å². The Hall–Kier alpha value is -1.35. The molecule has 0 amide bonds. The number of methoxy groups -OCH3 is 1. The molecule has 0 radical (unpaired) electrons. The molecule has 3 nitrogen and oxygen atoms in total. The molecule has 2 atom stereocenters. The molecule has 1 heterocycles. The number of rotatable bonds is 2. The van der Waals surface area contributed by atoms with Gasteiger partial charge in [-0.3, -0.25) is 0 Å². The van der Waals surface area contributed by atoms with E-state index in [1.807, 2.05) is 19.5 Å². The SMILES string of the molecule is COC1CCCC(n2cnc3ccccc32)C1. The summed E-state index contributed by atoms with van der Waals surface area (Å²) in [5.74, 6) is 0. The van der Waals surface area contributed by atoms with Gasteiger partial charge in [0.2, 0.25) is 0 Å². The minimum atomic E-state index is 0.412. The molecule has 1 aromatic heterocycles. The Kier molecular flexibility index (Phi) is 2.85. The van der Waals surface area contributed by atoms with Crippen LogP contribution in [-0.4, -0.2) is 22.8 Å². The molecule has 3 rings (SSSR count). The van der Waals surface area contributed by atoms with Crippen LogP contribution < -0.4 is 0 Å². The van der Waals surface area contributed by atoms with Gasteiger partial charge in [-0.25, -0.2) is 4.98 Å². The molecule has 0 N–H and O–H groups in total. The van der Waals surface area contributed by atoms with Gasteiger partial charge in [0.15, 0.2) is 0 Å². The van der Waals surface area contributed by atoms with E-state index in [-0.39, 0.29) is 0 Å². The van der Waals surface area contributed by atoms with Crippen molar-refractivity contribution >= 4 is 11.0 Å². The van der Waals surface area contributed by atoms with E-state index in [0.717, 1.165) is 11.9 Å². The smallest absolute Gasteiger partial charge is 0.0960 e. The third-order valence-corrected chi connectivity index (χ3v) is 3.81. The molecular formula is C14H18N2O. The van der Waals surface area contributed by atoms with E-state index in [1.54, 1.807) is 0 Å². The van der Waals surface area contributed by atoms with Gasteiger partial charge in [0, 0.05) is 13.2 Å². The van der Waals surface area contributed by atoms with E-state index >= 15 is 0 Å². The molecule has 2 unspecified atom stereocenters. The average molecular weight is 230 g/mol. The van der Waals surface area contributed by atoms with Crippen LogP contribution in [0.3, 0.4) is 0 Å². The van der Waals surface area contributed by atoms with Crippen molar-refractivity contribution in [3.63, 3.8) is 0 Å². The van der Waals surface area contributed by atoms with E-state index in [4.69, 9.17) is 4.74 Å². The summed E-state index contributed by atoms with van der Waals surface area (Å²) in [5, 5.41) is 0. The predicted octanol–water partition coefficient (Wildman–Crippen LogP) is 3.17. The molecular weight excluding hydrogens is 212 g/mol. The summed E-state index contributed by atoms with van der Waals surface area (Å²) in [6, 6.07) is 8.89. The number of hydrogen-bond acceptors (Lipinski definition) is 2. The van der Waals surface area contributed by atoms with E-state index < -0.39 is 0 Å². The summed E-state index contributed by atoms with van der Waals surface area (Å²) >= 11 is 0. The lowest BCUT2D eigenvalue weighted by Crippen LogP contribution is -2.23. The highest BCUT2D eigenvalue weighted by atomic mass is 16.5. The molecule has 0 spiro atoms. The summed E-state index contributed by atoms with van der Waals surface area (Å²) in [6.45, 7) is 0. The van der Waals surface area contributed by atoms with Crippen molar-refractivity contribution in [3.05, 3.63) is 30.6 Å². The van der Waals surface area contributed by atoms with Gasteiger partial charge in [-0.2, -0.15) is 0 Å². The fourth-order valence-corrected chi connectivity index (χ4v) is 2.86. The number of fused-ring (bicyclic) bond motifs is 1. The van der Waals surface area contributed by atoms with Gasteiger partial charge in [0.25, 0.3) is 0 Å². The zero-order chi connectivity index (χ0) is 11.7. The van der Waals surface area contributed by atoms with E-state index in [9.17, 15) is 0 Å². The summed E-state index contributed by atoms with van der Waals surface area (Å²) in [4.78, 5) is 4.47. The Morgan fingerprint density at radius 1 is 1.29 bits per heavy atom. The second-order valence-electron chi connectivity index (χ2n) is 4.82. The molecule has 1 fully saturated rings. The lowest BCUT2D eigenvalue weighted by molar-refractivity contribution is 0.0537. The number of aromatic nitrogens is 2. The van der Waals surface area contributed by atoms with Gasteiger partial charge in [-0.15, -0.1) is 0 Å². The minimum Gasteiger partial charge on any atom is -0.381 e. The fourth-order valence-electron chi connectivity index (χ4n) is 2.86. The first-order valence-corrected chi connectivity index (χ1v) is 6.33. The second-order valence-corrected chi connectivity index (χ2v) is 4.82. The number of imidazole rings is 1. The van der Waals surface area contributed by atoms with Crippen molar-refractivity contribution in [2.45, 2.75) is 37.8 Å². The first-order valence-electron chi connectivity index (χ1n) is 6.33. The van der Waals surface area contributed by atoms with Gasteiger partial charge in [-0.1, -0.05) is 12.1 Å². The van der Waals surface area contributed by atoms with Crippen LogP contribution in [0.2, 0.25) is 0 Å². The van der Waals surface area contributed by atoms with Crippen molar-refractivity contribution in [2.24, 2.45) is 0 Å². The molecule has 2 aromatic rings. The molecule has 17 heavy (non-hydrogen) atoms. The molecule has 1 aliphatic carbocycles. The monoisotopic (exact) mass is 230 g/mol. The Labute approximate surface area is 101 Å². The van der Waals surface area contributed by atoms with Crippen LogP contribution in [0.15, 0.2) is 30.6 Å². The van der Waals surface area contributed by atoms with Crippen molar-refractivity contribution in [1.82, 2.24) is 9.55 Å². The molecule has 3 heteroatoms. The van der Waals surface area contributed by atoms with Gasteiger partial charge in [-0.05, 0) is 37.8 Å². The van der Waals surface area contributed by atoms with Gasteiger partial charge < -0.3 is 9.30 Å². The number of benzene rings is 1. The normalized spacial score (nSPS) is 25.2. The molecule has 90 valence electrons. The lowest BCUT2D eigenvalue weighted by Gasteiger charge is -2.29. The molecule has 1 saturated carbocycles. The number of para-hydroxylation sites is 2. The Bertz CT molecular complexity index is 506. The predicted molar refractivity (Wildman–Crippen MR) is 68.0 cm³/mol. The molecule has 0 aliphatic heterocycles. The van der Waals surface area contributed by atoms with Crippen molar-refractivity contribution < 1.29 is 4.74 Å². The molecule has 0 bridgehead atoms. The third-order valence-electron chi connectivity index (χ3n) is 3.81. The van der Waals surface area contributed by atoms with Gasteiger partial charge in [0.05, 0.1) is 23.5 Å².